The van der Waals surface area contributed by atoms with E-state index in [-0.39, 0.29) is 0 Å². The van der Waals surface area contributed by atoms with Crippen LogP contribution in [0.1, 0.15) is 47.0 Å². The summed E-state index contributed by atoms with van der Waals surface area (Å²) in [6.45, 7) is 12.5. The fourth-order valence-electron chi connectivity index (χ4n) is 3.46. The van der Waals surface area contributed by atoms with Crippen LogP contribution >= 0.6 is 0 Å². The Morgan fingerprint density at radius 3 is 2.50 bits per heavy atom. The van der Waals surface area contributed by atoms with Crippen molar-refractivity contribution in [2.75, 3.05) is 19.8 Å². The van der Waals surface area contributed by atoms with Gasteiger partial charge in [0.05, 0.1) is 0 Å². The first-order valence-electron chi connectivity index (χ1n) is 6.87. The molecule has 2 nitrogen and oxygen atoms in total. The zero-order valence-corrected chi connectivity index (χ0v) is 11.3. The van der Waals surface area contributed by atoms with E-state index in [1.165, 1.54) is 19.4 Å². The topological polar surface area (TPSA) is 12.5 Å². The van der Waals surface area contributed by atoms with Crippen molar-refractivity contribution in [3.8, 4) is 0 Å². The predicted octanol–water partition coefficient (Wildman–Crippen LogP) is 2.92. The van der Waals surface area contributed by atoms with Gasteiger partial charge in [0.15, 0.2) is 0 Å². The smallest absolute Gasteiger partial charge is 0.0497 e. The highest BCUT2D eigenvalue weighted by atomic mass is 16.5. The lowest BCUT2D eigenvalue weighted by atomic mass is 9.93. The SMILES string of the molecule is CCCOCC1CC2CC1CN2C(C)(C)C. The third kappa shape index (κ3) is 2.43. The highest BCUT2D eigenvalue weighted by Crippen LogP contribution is 2.44. The minimum absolute atomic E-state index is 0.356. The van der Waals surface area contributed by atoms with E-state index in [0.717, 1.165) is 37.5 Å². The van der Waals surface area contributed by atoms with Gasteiger partial charge < -0.3 is 4.74 Å². The Hall–Kier alpha value is -0.0800. The van der Waals surface area contributed by atoms with Crippen LogP contribution in [-0.2, 0) is 4.74 Å². The molecule has 94 valence electrons. The van der Waals surface area contributed by atoms with Gasteiger partial charge in [-0.3, -0.25) is 4.90 Å². The highest BCUT2D eigenvalue weighted by Gasteiger charge is 2.47. The fourth-order valence-corrected chi connectivity index (χ4v) is 3.46. The summed E-state index contributed by atoms with van der Waals surface area (Å²) in [5.41, 5.74) is 0.356. The fraction of sp³-hybridized carbons (Fsp3) is 1.00. The lowest BCUT2D eigenvalue weighted by Crippen LogP contribution is -2.48. The number of rotatable bonds is 4. The Morgan fingerprint density at radius 2 is 2.00 bits per heavy atom. The summed E-state index contributed by atoms with van der Waals surface area (Å²) in [5.74, 6) is 1.75. The molecule has 1 saturated carbocycles. The lowest BCUT2D eigenvalue weighted by molar-refractivity contribution is 0.0345. The van der Waals surface area contributed by atoms with Crippen molar-refractivity contribution in [2.24, 2.45) is 11.8 Å². The summed E-state index contributed by atoms with van der Waals surface area (Å²) in [6.07, 6.45) is 3.93. The van der Waals surface area contributed by atoms with Gasteiger partial charge in [-0.25, -0.2) is 0 Å². The molecule has 16 heavy (non-hydrogen) atoms. The molecular weight excluding hydrogens is 198 g/mol. The van der Waals surface area contributed by atoms with Crippen LogP contribution in [0.25, 0.3) is 0 Å². The zero-order chi connectivity index (χ0) is 11.8. The van der Waals surface area contributed by atoms with Gasteiger partial charge in [0.2, 0.25) is 0 Å². The second kappa shape index (κ2) is 4.66. The number of hydrogen-bond acceptors (Lipinski definition) is 2. The van der Waals surface area contributed by atoms with E-state index in [2.05, 4.69) is 32.6 Å². The summed E-state index contributed by atoms with van der Waals surface area (Å²) in [4.78, 5) is 2.70. The van der Waals surface area contributed by atoms with Crippen molar-refractivity contribution in [1.82, 2.24) is 4.90 Å². The van der Waals surface area contributed by atoms with E-state index < -0.39 is 0 Å². The average Bonchev–Trinajstić information content (AvgIpc) is 2.75. The molecule has 2 aliphatic rings. The molecule has 0 aromatic heterocycles. The second-order valence-electron chi connectivity index (χ2n) is 6.54. The first-order valence-corrected chi connectivity index (χ1v) is 6.87. The molecule has 0 N–H and O–H groups in total. The van der Waals surface area contributed by atoms with E-state index in [9.17, 15) is 0 Å². The monoisotopic (exact) mass is 225 g/mol. The van der Waals surface area contributed by atoms with E-state index in [4.69, 9.17) is 4.74 Å². The number of piperidine rings is 1. The molecule has 1 aliphatic carbocycles. The van der Waals surface area contributed by atoms with Gasteiger partial charge in [0.25, 0.3) is 0 Å². The van der Waals surface area contributed by atoms with Crippen LogP contribution in [0, 0.1) is 11.8 Å². The van der Waals surface area contributed by atoms with Crippen molar-refractivity contribution in [2.45, 2.75) is 58.5 Å². The predicted molar refractivity (Wildman–Crippen MR) is 67.6 cm³/mol. The quantitative estimate of drug-likeness (QED) is 0.682. The van der Waals surface area contributed by atoms with Crippen molar-refractivity contribution >= 4 is 0 Å². The number of hydrogen-bond donors (Lipinski definition) is 0. The molecule has 2 heteroatoms. The van der Waals surface area contributed by atoms with E-state index in [1.54, 1.807) is 0 Å². The van der Waals surface area contributed by atoms with Gasteiger partial charge in [-0.1, -0.05) is 6.92 Å². The molecule has 0 amide bonds. The molecule has 3 atom stereocenters. The molecule has 2 bridgehead atoms. The third-order valence-electron chi connectivity index (χ3n) is 4.23. The van der Waals surface area contributed by atoms with Gasteiger partial charge in [0, 0.05) is 31.3 Å². The highest BCUT2D eigenvalue weighted by molar-refractivity contribution is 5.00. The van der Waals surface area contributed by atoms with Crippen LogP contribution in [0.2, 0.25) is 0 Å². The normalized spacial score (nSPS) is 34.9. The Balaban J connectivity index is 1.81. The number of nitrogens with zero attached hydrogens (tertiary/aromatic N) is 1. The van der Waals surface area contributed by atoms with Gasteiger partial charge >= 0.3 is 0 Å². The minimum atomic E-state index is 0.356. The molecule has 0 radical (unpaired) electrons. The second-order valence-corrected chi connectivity index (χ2v) is 6.54. The van der Waals surface area contributed by atoms with Crippen LogP contribution in [0.15, 0.2) is 0 Å². The molecule has 2 fully saturated rings. The van der Waals surface area contributed by atoms with Gasteiger partial charge in [-0.15, -0.1) is 0 Å². The summed E-state index contributed by atoms with van der Waals surface area (Å²) in [7, 11) is 0. The van der Waals surface area contributed by atoms with Crippen LogP contribution < -0.4 is 0 Å². The molecule has 0 spiro atoms. The van der Waals surface area contributed by atoms with Crippen molar-refractivity contribution < 1.29 is 4.74 Å². The summed E-state index contributed by atoms with van der Waals surface area (Å²) < 4.78 is 5.72. The summed E-state index contributed by atoms with van der Waals surface area (Å²) in [6, 6.07) is 0.834. The summed E-state index contributed by atoms with van der Waals surface area (Å²) >= 11 is 0. The molecular formula is C14H27NO. The maximum Gasteiger partial charge on any atom is 0.0497 e. The maximum absolute atomic E-state index is 5.72. The Bertz CT molecular complexity index is 233. The summed E-state index contributed by atoms with van der Waals surface area (Å²) in [5, 5.41) is 0. The molecule has 0 aromatic rings. The van der Waals surface area contributed by atoms with E-state index in [1.807, 2.05) is 0 Å². The molecule has 2 rings (SSSR count). The van der Waals surface area contributed by atoms with Crippen molar-refractivity contribution in [1.29, 1.82) is 0 Å². The van der Waals surface area contributed by atoms with Crippen LogP contribution in [0.5, 0.6) is 0 Å². The van der Waals surface area contributed by atoms with Gasteiger partial charge in [0.1, 0.15) is 0 Å². The number of likely N-dealkylation sites (tertiary alicyclic amines) is 1. The van der Waals surface area contributed by atoms with Crippen molar-refractivity contribution in [3.05, 3.63) is 0 Å². The van der Waals surface area contributed by atoms with E-state index >= 15 is 0 Å². The molecule has 3 unspecified atom stereocenters. The largest absolute Gasteiger partial charge is 0.381 e. The van der Waals surface area contributed by atoms with Crippen LogP contribution in [-0.4, -0.2) is 36.2 Å². The standard InChI is InChI=1S/C14H27NO/c1-5-6-16-10-12-8-13-7-11(12)9-15(13)14(2,3)4/h11-13H,5-10H2,1-4H3. The Labute approximate surface area is 100 Å². The molecule has 1 aliphatic heterocycles. The lowest BCUT2D eigenvalue weighted by Gasteiger charge is -2.40. The van der Waals surface area contributed by atoms with Crippen LogP contribution in [0.3, 0.4) is 0 Å². The van der Waals surface area contributed by atoms with Crippen LogP contribution in [0.4, 0.5) is 0 Å². The third-order valence-corrected chi connectivity index (χ3v) is 4.23. The Morgan fingerprint density at radius 1 is 1.25 bits per heavy atom. The maximum atomic E-state index is 5.72. The Kier molecular flexibility index (Phi) is 3.60. The first-order chi connectivity index (χ1) is 7.52. The minimum Gasteiger partial charge on any atom is -0.381 e. The van der Waals surface area contributed by atoms with E-state index in [0.29, 0.717) is 5.54 Å². The molecule has 0 aromatic carbocycles. The number of ether oxygens (including phenoxy) is 1. The van der Waals surface area contributed by atoms with Gasteiger partial charge in [-0.05, 0) is 51.9 Å². The number of fused-ring (bicyclic) bond motifs is 2. The molecule has 1 saturated heterocycles. The average molecular weight is 225 g/mol. The van der Waals surface area contributed by atoms with Gasteiger partial charge in [-0.2, -0.15) is 0 Å². The first kappa shape index (κ1) is 12.4. The molecule has 1 heterocycles. The van der Waals surface area contributed by atoms with Crippen molar-refractivity contribution in [3.63, 3.8) is 0 Å². The zero-order valence-electron chi connectivity index (χ0n) is 11.3.